The number of fused-ring (bicyclic) bond motifs is 1. The number of aromatic nitrogens is 1. The summed E-state index contributed by atoms with van der Waals surface area (Å²) in [4.78, 5) is 4.61. The molecule has 0 fully saturated rings. The van der Waals surface area contributed by atoms with Crippen molar-refractivity contribution in [2.24, 2.45) is 0 Å². The molecule has 0 aliphatic heterocycles. The molecule has 3 nitrogen and oxygen atoms in total. The smallest absolute Gasteiger partial charge is 0.184 e. The van der Waals surface area contributed by atoms with Gasteiger partial charge in [0.2, 0.25) is 0 Å². The number of thiazole rings is 1. The molecule has 3 aromatic rings. The predicted molar refractivity (Wildman–Crippen MR) is 84.7 cm³/mol. The molecule has 0 unspecified atom stereocenters. The second kappa shape index (κ2) is 5.51. The van der Waals surface area contributed by atoms with Crippen LogP contribution in [0, 0.1) is 6.92 Å². The zero-order chi connectivity index (χ0) is 13.9. The molecule has 102 valence electrons. The Hall–Kier alpha value is -2.07. The standard InChI is InChI=1S/C16H16N2OS/c1-11-3-8-15-14(9-11)18-16(20-15)17-10-12-4-6-13(19-2)7-5-12/h3-9H,10H2,1-2H3,(H,17,18). The molecular formula is C16H16N2OS. The van der Waals surface area contributed by atoms with Crippen LogP contribution >= 0.6 is 11.3 Å². The third-order valence-corrected chi connectivity index (χ3v) is 4.14. The Balaban J connectivity index is 1.72. The Bertz CT molecular complexity index is 719. The molecule has 4 heteroatoms. The lowest BCUT2D eigenvalue weighted by molar-refractivity contribution is 0.414. The van der Waals surface area contributed by atoms with Crippen molar-refractivity contribution in [3.05, 3.63) is 53.6 Å². The monoisotopic (exact) mass is 284 g/mol. The summed E-state index contributed by atoms with van der Waals surface area (Å²) in [6, 6.07) is 14.4. The summed E-state index contributed by atoms with van der Waals surface area (Å²) in [5.41, 5.74) is 3.51. The van der Waals surface area contributed by atoms with E-state index in [0.29, 0.717) is 0 Å². The van der Waals surface area contributed by atoms with Crippen LogP contribution in [0.3, 0.4) is 0 Å². The van der Waals surface area contributed by atoms with Gasteiger partial charge in [0.25, 0.3) is 0 Å². The highest BCUT2D eigenvalue weighted by Gasteiger charge is 2.03. The highest BCUT2D eigenvalue weighted by atomic mass is 32.1. The van der Waals surface area contributed by atoms with Gasteiger partial charge in [0.05, 0.1) is 17.3 Å². The molecule has 2 aromatic carbocycles. The lowest BCUT2D eigenvalue weighted by Crippen LogP contribution is -1.98. The van der Waals surface area contributed by atoms with Crippen molar-refractivity contribution in [2.45, 2.75) is 13.5 Å². The number of nitrogens with zero attached hydrogens (tertiary/aromatic N) is 1. The van der Waals surface area contributed by atoms with Crippen LogP contribution in [-0.4, -0.2) is 12.1 Å². The van der Waals surface area contributed by atoms with Crippen LogP contribution in [0.1, 0.15) is 11.1 Å². The molecule has 1 aromatic heterocycles. The van der Waals surface area contributed by atoms with E-state index in [2.05, 4.69) is 47.6 Å². The van der Waals surface area contributed by atoms with Gasteiger partial charge in [-0.2, -0.15) is 0 Å². The van der Waals surface area contributed by atoms with Gasteiger partial charge in [-0.25, -0.2) is 4.98 Å². The second-order valence-electron chi connectivity index (χ2n) is 4.69. The van der Waals surface area contributed by atoms with E-state index in [-0.39, 0.29) is 0 Å². The topological polar surface area (TPSA) is 34.1 Å². The second-order valence-corrected chi connectivity index (χ2v) is 5.72. The lowest BCUT2D eigenvalue weighted by atomic mass is 10.2. The third-order valence-electron chi connectivity index (χ3n) is 3.15. The average molecular weight is 284 g/mol. The van der Waals surface area contributed by atoms with Gasteiger partial charge >= 0.3 is 0 Å². The van der Waals surface area contributed by atoms with Gasteiger partial charge in [-0.05, 0) is 42.3 Å². The van der Waals surface area contributed by atoms with Gasteiger partial charge in [-0.1, -0.05) is 29.5 Å². The van der Waals surface area contributed by atoms with Crippen molar-refractivity contribution in [2.75, 3.05) is 12.4 Å². The quantitative estimate of drug-likeness (QED) is 0.778. The number of benzene rings is 2. The van der Waals surface area contributed by atoms with Crippen molar-refractivity contribution in [3.63, 3.8) is 0 Å². The van der Waals surface area contributed by atoms with Gasteiger partial charge in [0.1, 0.15) is 5.75 Å². The molecule has 0 spiro atoms. The molecule has 0 aliphatic carbocycles. The number of ether oxygens (including phenoxy) is 1. The normalized spacial score (nSPS) is 10.7. The summed E-state index contributed by atoms with van der Waals surface area (Å²) in [7, 11) is 1.68. The molecule has 1 N–H and O–H groups in total. The van der Waals surface area contributed by atoms with Crippen molar-refractivity contribution in [1.82, 2.24) is 4.98 Å². The highest BCUT2D eigenvalue weighted by Crippen LogP contribution is 2.26. The fourth-order valence-corrected chi connectivity index (χ4v) is 2.88. The molecule has 0 saturated heterocycles. The maximum atomic E-state index is 5.15. The van der Waals surface area contributed by atoms with Crippen molar-refractivity contribution in [1.29, 1.82) is 0 Å². The largest absolute Gasteiger partial charge is 0.497 e. The third kappa shape index (κ3) is 2.75. The van der Waals surface area contributed by atoms with Crippen LogP contribution in [0.15, 0.2) is 42.5 Å². The Morgan fingerprint density at radius 2 is 1.95 bits per heavy atom. The van der Waals surface area contributed by atoms with Crippen molar-refractivity contribution in [3.8, 4) is 5.75 Å². The van der Waals surface area contributed by atoms with E-state index in [4.69, 9.17) is 4.74 Å². The lowest BCUT2D eigenvalue weighted by Gasteiger charge is -2.04. The fourth-order valence-electron chi connectivity index (χ4n) is 2.03. The molecule has 0 saturated carbocycles. The van der Waals surface area contributed by atoms with Crippen LogP contribution in [0.2, 0.25) is 0 Å². The molecular weight excluding hydrogens is 268 g/mol. The minimum Gasteiger partial charge on any atom is -0.497 e. The first-order chi connectivity index (χ1) is 9.74. The zero-order valence-corrected chi connectivity index (χ0v) is 12.3. The predicted octanol–water partition coefficient (Wildman–Crippen LogP) is 4.23. The summed E-state index contributed by atoms with van der Waals surface area (Å²) in [6.07, 6.45) is 0. The zero-order valence-electron chi connectivity index (χ0n) is 11.5. The Morgan fingerprint density at radius 1 is 1.15 bits per heavy atom. The summed E-state index contributed by atoms with van der Waals surface area (Å²) in [5, 5.41) is 4.33. The van der Waals surface area contributed by atoms with Gasteiger partial charge in [0.15, 0.2) is 5.13 Å². The van der Waals surface area contributed by atoms with Gasteiger partial charge in [-0.3, -0.25) is 0 Å². The van der Waals surface area contributed by atoms with Crippen molar-refractivity contribution < 1.29 is 4.74 Å². The van der Waals surface area contributed by atoms with Gasteiger partial charge < -0.3 is 10.1 Å². The number of nitrogens with one attached hydrogen (secondary N) is 1. The minimum atomic E-state index is 0.767. The molecule has 20 heavy (non-hydrogen) atoms. The number of hydrogen-bond donors (Lipinski definition) is 1. The summed E-state index contributed by atoms with van der Waals surface area (Å²) < 4.78 is 6.37. The number of anilines is 1. The summed E-state index contributed by atoms with van der Waals surface area (Å²) in [6.45, 7) is 2.85. The van der Waals surface area contributed by atoms with E-state index < -0.39 is 0 Å². The SMILES string of the molecule is COc1ccc(CNc2nc3cc(C)ccc3s2)cc1. The van der Waals surface area contributed by atoms with Crippen LogP contribution in [-0.2, 0) is 6.54 Å². The Kier molecular flexibility index (Phi) is 3.56. The first kappa shape index (κ1) is 12.9. The van der Waals surface area contributed by atoms with E-state index in [1.807, 2.05) is 12.1 Å². The average Bonchev–Trinajstić information content (AvgIpc) is 2.87. The van der Waals surface area contributed by atoms with Crippen LogP contribution in [0.5, 0.6) is 5.75 Å². The van der Waals surface area contributed by atoms with E-state index in [1.165, 1.54) is 15.8 Å². The number of aryl methyl sites for hydroxylation is 1. The maximum Gasteiger partial charge on any atom is 0.184 e. The number of methoxy groups -OCH3 is 1. The van der Waals surface area contributed by atoms with Crippen LogP contribution in [0.4, 0.5) is 5.13 Å². The van der Waals surface area contributed by atoms with Gasteiger partial charge in [-0.15, -0.1) is 0 Å². The minimum absolute atomic E-state index is 0.767. The first-order valence-electron chi connectivity index (χ1n) is 6.48. The molecule has 0 bridgehead atoms. The summed E-state index contributed by atoms with van der Waals surface area (Å²) >= 11 is 1.69. The number of rotatable bonds is 4. The summed E-state index contributed by atoms with van der Waals surface area (Å²) in [5.74, 6) is 0.879. The van der Waals surface area contributed by atoms with E-state index >= 15 is 0 Å². The number of hydrogen-bond acceptors (Lipinski definition) is 4. The van der Waals surface area contributed by atoms with E-state index in [9.17, 15) is 0 Å². The maximum absolute atomic E-state index is 5.15. The molecule has 3 rings (SSSR count). The molecule has 0 atom stereocenters. The molecule has 0 radical (unpaired) electrons. The molecule has 1 heterocycles. The Morgan fingerprint density at radius 3 is 2.70 bits per heavy atom. The van der Waals surface area contributed by atoms with Crippen LogP contribution < -0.4 is 10.1 Å². The highest BCUT2D eigenvalue weighted by molar-refractivity contribution is 7.22. The van der Waals surface area contributed by atoms with E-state index in [1.54, 1.807) is 18.4 Å². The van der Waals surface area contributed by atoms with Crippen LogP contribution in [0.25, 0.3) is 10.2 Å². The Labute approximate surface area is 122 Å². The first-order valence-corrected chi connectivity index (χ1v) is 7.30. The fraction of sp³-hybridized carbons (Fsp3) is 0.188. The van der Waals surface area contributed by atoms with E-state index in [0.717, 1.165) is 22.9 Å². The van der Waals surface area contributed by atoms with Crippen molar-refractivity contribution >= 4 is 26.7 Å². The van der Waals surface area contributed by atoms with Gasteiger partial charge in [0, 0.05) is 6.54 Å². The molecule has 0 aliphatic rings. The molecule has 0 amide bonds.